The van der Waals surface area contributed by atoms with E-state index in [0.29, 0.717) is 13.1 Å². The number of unbranched alkanes of at least 4 members (excludes halogenated alkanes) is 1. The summed E-state index contributed by atoms with van der Waals surface area (Å²) in [5, 5.41) is 2.36. The molecule has 98 valence electrons. The van der Waals surface area contributed by atoms with Gasteiger partial charge in [0.15, 0.2) is 0 Å². The quantitative estimate of drug-likeness (QED) is 0.716. The largest absolute Gasteiger partial charge is 0.379 e. The van der Waals surface area contributed by atoms with Crippen LogP contribution in [0.1, 0.15) is 33.6 Å². The molecule has 1 N–H and O–H groups in total. The van der Waals surface area contributed by atoms with Crippen LogP contribution in [0.25, 0.3) is 0 Å². The number of hydrogen-bond donors (Lipinski definition) is 1. The summed E-state index contributed by atoms with van der Waals surface area (Å²) in [7, 11) is 0. The zero-order valence-electron chi connectivity index (χ0n) is 10.9. The van der Waals surface area contributed by atoms with Crippen LogP contribution < -0.4 is 5.32 Å². The lowest BCUT2D eigenvalue weighted by molar-refractivity contribution is -0.125. The van der Waals surface area contributed by atoms with Crippen molar-refractivity contribution in [3.05, 3.63) is 0 Å². The molecule has 1 unspecified atom stereocenters. The van der Waals surface area contributed by atoms with Crippen LogP contribution in [0, 0.1) is 5.92 Å². The Kier molecular flexibility index (Phi) is 5.41. The van der Waals surface area contributed by atoms with Crippen molar-refractivity contribution in [3.8, 4) is 0 Å². The highest BCUT2D eigenvalue weighted by molar-refractivity contribution is 5.97. The van der Waals surface area contributed by atoms with Crippen LogP contribution in [-0.4, -0.2) is 42.6 Å². The van der Waals surface area contributed by atoms with Gasteiger partial charge in [0, 0.05) is 19.7 Å². The van der Waals surface area contributed by atoms with E-state index >= 15 is 0 Å². The molecule has 1 saturated heterocycles. The Hall–Kier alpha value is -1.10. The first-order valence-electron chi connectivity index (χ1n) is 6.22. The molecule has 0 aromatic rings. The summed E-state index contributed by atoms with van der Waals surface area (Å²) in [5.41, 5.74) is 0. The molecular formula is C12H22N2O3. The molecule has 1 rings (SSSR count). The molecule has 1 aliphatic heterocycles. The van der Waals surface area contributed by atoms with Gasteiger partial charge in [-0.15, -0.1) is 0 Å². The Bertz CT molecular complexity index is 279. The van der Waals surface area contributed by atoms with Crippen molar-refractivity contribution in [1.82, 2.24) is 10.2 Å². The van der Waals surface area contributed by atoms with Crippen molar-refractivity contribution in [2.45, 2.75) is 39.7 Å². The van der Waals surface area contributed by atoms with Crippen molar-refractivity contribution in [2.24, 2.45) is 5.92 Å². The fraction of sp³-hybridized carbons (Fsp3) is 0.833. The minimum atomic E-state index is -0.266. The summed E-state index contributed by atoms with van der Waals surface area (Å²) >= 11 is 0. The maximum absolute atomic E-state index is 11.5. The Balaban J connectivity index is 2.18. The van der Waals surface area contributed by atoms with E-state index in [9.17, 15) is 9.59 Å². The lowest BCUT2D eigenvalue weighted by atomic mass is 10.1. The molecule has 0 bridgehead atoms. The van der Waals surface area contributed by atoms with Gasteiger partial charge in [-0.3, -0.25) is 10.1 Å². The van der Waals surface area contributed by atoms with Crippen LogP contribution >= 0.6 is 0 Å². The third kappa shape index (κ3) is 4.73. The van der Waals surface area contributed by atoms with E-state index in [1.807, 2.05) is 20.8 Å². The van der Waals surface area contributed by atoms with Gasteiger partial charge < -0.3 is 9.64 Å². The van der Waals surface area contributed by atoms with Crippen LogP contribution in [0.4, 0.5) is 4.79 Å². The topological polar surface area (TPSA) is 58.6 Å². The fourth-order valence-electron chi connectivity index (χ4n) is 1.72. The first-order chi connectivity index (χ1) is 8.00. The second-order valence-corrected chi connectivity index (χ2v) is 4.77. The van der Waals surface area contributed by atoms with E-state index in [1.165, 1.54) is 0 Å². The molecule has 17 heavy (non-hydrogen) atoms. The highest BCUT2D eigenvalue weighted by atomic mass is 16.5. The lowest BCUT2D eigenvalue weighted by Gasteiger charge is -2.30. The molecule has 0 aromatic carbocycles. The number of imide groups is 1. The van der Waals surface area contributed by atoms with Crippen LogP contribution in [0.2, 0.25) is 0 Å². The fourth-order valence-corrected chi connectivity index (χ4v) is 1.72. The summed E-state index contributed by atoms with van der Waals surface area (Å²) in [5.74, 6) is -0.283. The van der Waals surface area contributed by atoms with Gasteiger partial charge in [-0.25, -0.2) is 4.79 Å². The van der Waals surface area contributed by atoms with Crippen LogP contribution in [0.5, 0.6) is 0 Å². The molecule has 1 aliphatic rings. The van der Waals surface area contributed by atoms with Gasteiger partial charge in [0.2, 0.25) is 5.91 Å². The standard InChI is InChI=1S/C12H22N2O3/c1-9(2)17-7-5-4-6-14-8-10(3)11(15)13-12(14)16/h9-10H,4-8H2,1-3H3,(H,13,15,16). The van der Waals surface area contributed by atoms with Crippen LogP contribution in [0.15, 0.2) is 0 Å². The third-order valence-electron chi connectivity index (χ3n) is 2.73. The summed E-state index contributed by atoms with van der Waals surface area (Å²) in [4.78, 5) is 24.4. The number of hydrogen-bond acceptors (Lipinski definition) is 3. The smallest absolute Gasteiger partial charge is 0.324 e. The van der Waals surface area contributed by atoms with Gasteiger partial charge in [-0.1, -0.05) is 6.92 Å². The number of nitrogens with zero attached hydrogens (tertiary/aromatic N) is 1. The molecule has 1 heterocycles. The molecule has 5 nitrogen and oxygen atoms in total. The SMILES string of the molecule is CC(C)OCCCCN1CC(C)C(=O)NC1=O. The number of rotatable bonds is 6. The molecule has 3 amide bonds. The summed E-state index contributed by atoms with van der Waals surface area (Å²) < 4.78 is 5.42. The average molecular weight is 242 g/mol. The highest BCUT2D eigenvalue weighted by Gasteiger charge is 2.28. The zero-order chi connectivity index (χ0) is 12.8. The van der Waals surface area contributed by atoms with E-state index in [2.05, 4.69) is 5.32 Å². The van der Waals surface area contributed by atoms with Gasteiger partial charge in [0.1, 0.15) is 0 Å². The molecule has 1 fully saturated rings. The van der Waals surface area contributed by atoms with Crippen molar-refractivity contribution in [1.29, 1.82) is 0 Å². The maximum Gasteiger partial charge on any atom is 0.324 e. The maximum atomic E-state index is 11.5. The zero-order valence-corrected chi connectivity index (χ0v) is 10.9. The van der Waals surface area contributed by atoms with Gasteiger partial charge in [0.25, 0.3) is 0 Å². The highest BCUT2D eigenvalue weighted by Crippen LogP contribution is 2.08. The normalized spacial score (nSPS) is 20.9. The van der Waals surface area contributed by atoms with Crippen molar-refractivity contribution < 1.29 is 14.3 Å². The average Bonchev–Trinajstić information content (AvgIpc) is 2.24. The van der Waals surface area contributed by atoms with Gasteiger partial charge in [-0.05, 0) is 26.7 Å². The van der Waals surface area contributed by atoms with E-state index in [1.54, 1.807) is 4.90 Å². The second-order valence-electron chi connectivity index (χ2n) is 4.77. The predicted octanol–water partition coefficient (Wildman–Crippen LogP) is 1.38. The Morgan fingerprint density at radius 1 is 1.41 bits per heavy atom. The minimum absolute atomic E-state index is 0.111. The lowest BCUT2D eigenvalue weighted by Crippen LogP contribution is -2.53. The number of urea groups is 1. The van der Waals surface area contributed by atoms with E-state index in [-0.39, 0.29) is 24.0 Å². The first-order valence-corrected chi connectivity index (χ1v) is 6.22. The summed E-state index contributed by atoms with van der Waals surface area (Å²) in [6, 6.07) is -0.266. The van der Waals surface area contributed by atoms with E-state index < -0.39 is 0 Å². The van der Waals surface area contributed by atoms with Crippen LogP contribution in [-0.2, 0) is 9.53 Å². The van der Waals surface area contributed by atoms with Gasteiger partial charge >= 0.3 is 6.03 Å². The minimum Gasteiger partial charge on any atom is -0.379 e. The molecular weight excluding hydrogens is 220 g/mol. The molecule has 0 aliphatic carbocycles. The number of carbonyl (C=O) groups is 2. The monoisotopic (exact) mass is 242 g/mol. The van der Waals surface area contributed by atoms with Crippen molar-refractivity contribution in [2.75, 3.05) is 19.7 Å². The van der Waals surface area contributed by atoms with Crippen molar-refractivity contribution in [3.63, 3.8) is 0 Å². The third-order valence-corrected chi connectivity index (χ3v) is 2.73. The molecule has 0 spiro atoms. The van der Waals surface area contributed by atoms with Gasteiger partial charge in [-0.2, -0.15) is 0 Å². The molecule has 0 radical (unpaired) electrons. The first kappa shape index (κ1) is 14.0. The predicted molar refractivity (Wildman–Crippen MR) is 64.6 cm³/mol. The van der Waals surface area contributed by atoms with E-state index in [4.69, 9.17) is 4.74 Å². The second kappa shape index (κ2) is 6.59. The summed E-state index contributed by atoms with van der Waals surface area (Å²) in [6.07, 6.45) is 2.09. The Labute approximate surface area is 102 Å². The van der Waals surface area contributed by atoms with Crippen LogP contribution in [0.3, 0.4) is 0 Å². The van der Waals surface area contributed by atoms with Gasteiger partial charge in [0.05, 0.1) is 12.0 Å². The number of carbonyl (C=O) groups excluding carboxylic acids is 2. The molecule has 5 heteroatoms. The van der Waals surface area contributed by atoms with E-state index in [0.717, 1.165) is 19.4 Å². The number of ether oxygens (including phenoxy) is 1. The Morgan fingerprint density at radius 2 is 2.12 bits per heavy atom. The summed E-state index contributed by atoms with van der Waals surface area (Å²) in [6.45, 7) is 7.77. The molecule has 1 atom stereocenters. The number of amides is 3. The van der Waals surface area contributed by atoms with Crippen molar-refractivity contribution >= 4 is 11.9 Å². The molecule has 0 saturated carbocycles. The molecule has 0 aromatic heterocycles. The number of nitrogens with one attached hydrogen (secondary N) is 1. The Morgan fingerprint density at radius 3 is 2.76 bits per heavy atom.